The van der Waals surface area contributed by atoms with E-state index in [1.54, 1.807) is 0 Å². The quantitative estimate of drug-likeness (QED) is 0.577. The average molecular weight is 430 g/mol. The first-order chi connectivity index (χ1) is 13.2. The minimum Gasteiger partial charge on any atom is -0.341 e. The zero-order valence-corrected chi connectivity index (χ0v) is 17.1. The Morgan fingerprint density at radius 3 is 1.93 bits per heavy atom. The Bertz CT molecular complexity index is 775. The van der Waals surface area contributed by atoms with E-state index in [4.69, 9.17) is 4.98 Å². The molecule has 1 aromatic heterocycles. The van der Waals surface area contributed by atoms with Crippen molar-refractivity contribution < 1.29 is 0 Å². The highest BCUT2D eigenvalue weighted by molar-refractivity contribution is 9.10. The molecule has 0 spiro atoms. The molecule has 2 fully saturated rings. The predicted molar refractivity (Wildman–Crippen MR) is 113 cm³/mol. The standard InChI is InChI=1S/C19H24BrN7/c1-14(15-6-8-16(20)9-7-15)24-25-17-21-18(26-10-2-3-11-26)23-19(22-17)27-12-4-5-13-27/h6-9H,2-5,10-13H2,1H3,(H,21,22,23,25)/b24-14+. The number of nitrogens with one attached hydrogen (secondary N) is 1. The number of anilines is 3. The highest BCUT2D eigenvalue weighted by atomic mass is 79.9. The van der Waals surface area contributed by atoms with Crippen LogP contribution in [0.15, 0.2) is 33.8 Å². The Morgan fingerprint density at radius 1 is 0.889 bits per heavy atom. The van der Waals surface area contributed by atoms with Crippen LogP contribution < -0.4 is 15.2 Å². The normalized spacial score (nSPS) is 17.6. The SMILES string of the molecule is C/C(=N\Nc1nc(N2CCCC2)nc(N2CCCC2)n1)c1ccc(Br)cc1. The summed E-state index contributed by atoms with van der Waals surface area (Å²) in [6.07, 6.45) is 4.76. The van der Waals surface area contributed by atoms with E-state index in [9.17, 15) is 0 Å². The molecule has 2 saturated heterocycles. The average Bonchev–Trinajstić information content (AvgIpc) is 3.40. The second-order valence-corrected chi connectivity index (χ2v) is 7.88. The van der Waals surface area contributed by atoms with E-state index in [1.807, 2.05) is 31.2 Å². The minimum absolute atomic E-state index is 0.505. The molecule has 0 unspecified atom stereocenters. The van der Waals surface area contributed by atoms with Gasteiger partial charge in [-0.25, -0.2) is 5.43 Å². The molecule has 0 saturated carbocycles. The molecule has 0 atom stereocenters. The summed E-state index contributed by atoms with van der Waals surface area (Å²) >= 11 is 3.46. The fraction of sp³-hybridized carbons (Fsp3) is 0.474. The summed E-state index contributed by atoms with van der Waals surface area (Å²) in [5, 5.41) is 4.49. The monoisotopic (exact) mass is 429 g/mol. The van der Waals surface area contributed by atoms with Crippen molar-refractivity contribution in [3.05, 3.63) is 34.3 Å². The number of hydrogen-bond donors (Lipinski definition) is 1. The van der Waals surface area contributed by atoms with Crippen LogP contribution in [0.2, 0.25) is 0 Å². The number of aromatic nitrogens is 3. The lowest BCUT2D eigenvalue weighted by Gasteiger charge is -2.20. The van der Waals surface area contributed by atoms with Crippen molar-refractivity contribution in [1.29, 1.82) is 0 Å². The fourth-order valence-electron chi connectivity index (χ4n) is 3.41. The van der Waals surface area contributed by atoms with E-state index in [-0.39, 0.29) is 0 Å². The third-order valence-corrected chi connectivity index (χ3v) is 5.50. The molecule has 0 bridgehead atoms. The summed E-state index contributed by atoms with van der Waals surface area (Å²) in [6, 6.07) is 8.08. The maximum absolute atomic E-state index is 4.73. The fourth-order valence-corrected chi connectivity index (χ4v) is 3.67. The number of hydrogen-bond acceptors (Lipinski definition) is 7. The Morgan fingerprint density at radius 2 is 1.41 bits per heavy atom. The van der Waals surface area contributed by atoms with E-state index in [1.165, 1.54) is 25.7 Å². The molecule has 0 aliphatic carbocycles. The third kappa shape index (κ3) is 4.37. The van der Waals surface area contributed by atoms with Gasteiger partial charge in [0.05, 0.1) is 5.71 Å². The van der Waals surface area contributed by atoms with Crippen molar-refractivity contribution >= 4 is 39.5 Å². The predicted octanol–water partition coefficient (Wildman–Crippen LogP) is 3.67. The second-order valence-electron chi connectivity index (χ2n) is 6.96. The van der Waals surface area contributed by atoms with Crippen molar-refractivity contribution in [3.63, 3.8) is 0 Å². The number of hydrazone groups is 1. The van der Waals surface area contributed by atoms with Crippen LogP contribution in [0.3, 0.4) is 0 Å². The molecule has 8 heteroatoms. The number of nitrogens with zero attached hydrogens (tertiary/aromatic N) is 6. The smallest absolute Gasteiger partial charge is 0.250 e. The molecule has 0 radical (unpaired) electrons. The molecule has 27 heavy (non-hydrogen) atoms. The molecule has 3 heterocycles. The van der Waals surface area contributed by atoms with Crippen LogP contribution in [0.25, 0.3) is 0 Å². The van der Waals surface area contributed by atoms with E-state index < -0.39 is 0 Å². The van der Waals surface area contributed by atoms with Crippen LogP contribution in [0, 0.1) is 0 Å². The summed E-state index contributed by atoms with van der Waals surface area (Å²) < 4.78 is 1.05. The molecule has 142 valence electrons. The lowest BCUT2D eigenvalue weighted by Crippen LogP contribution is -2.25. The molecule has 2 aliphatic heterocycles. The Hall–Kier alpha value is -2.22. The molecule has 4 rings (SSSR count). The van der Waals surface area contributed by atoms with E-state index in [0.717, 1.165) is 53.8 Å². The van der Waals surface area contributed by atoms with Crippen LogP contribution in [0.5, 0.6) is 0 Å². The van der Waals surface area contributed by atoms with Gasteiger partial charge in [-0.15, -0.1) is 0 Å². The van der Waals surface area contributed by atoms with Gasteiger partial charge >= 0.3 is 0 Å². The van der Waals surface area contributed by atoms with Crippen LogP contribution in [0.4, 0.5) is 17.8 Å². The van der Waals surface area contributed by atoms with E-state index >= 15 is 0 Å². The highest BCUT2D eigenvalue weighted by Gasteiger charge is 2.21. The number of rotatable bonds is 5. The molecule has 2 aliphatic rings. The summed E-state index contributed by atoms with van der Waals surface area (Å²) in [5.74, 6) is 2.01. The van der Waals surface area contributed by atoms with Crippen molar-refractivity contribution in [2.45, 2.75) is 32.6 Å². The molecule has 1 N–H and O–H groups in total. The first kappa shape index (κ1) is 18.2. The lowest BCUT2D eigenvalue weighted by atomic mass is 10.1. The van der Waals surface area contributed by atoms with Gasteiger partial charge in [0, 0.05) is 30.7 Å². The largest absolute Gasteiger partial charge is 0.341 e. The van der Waals surface area contributed by atoms with Gasteiger partial charge < -0.3 is 9.80 Å². The Kier molecular flexibility index (Phi) is 5.52. The number of halogens is 1. The topological polar surface area (TPSA) is 69.5 Å². The van der Waals surface area contributed by atoms with Gasteiger partial charge in [0.15, 0.2) is 0 Å². The van der Waals surface area contributed by atoms with Gasteiger partial charge in [-0.2, -0.15) is 20.1 Å². The maximum Gasteiger partial charge on any atom is 0.250 e. The first-order valence-corrected chi connectivity index (χ1v) is 10.3. The van der Waals surface area contributed by atoms with Crippen molar-refractivity contribution in [1.82, 2.24) is 15.0 Å². The van der Waals surface area contributed by atoms with E-state index in [2.05, 4.69) is 46.2 Å². The zero-order chi connectivity index (χ0) is 18.6. The van der Waals surface area contributed by atoms with Crippen LogP contribution in [-0.4, -0.2) is 46.8 Å². The second kappa shape index (κ2) is 8.21. The number of benzene rings is 1. The maximum atomic E-state index is 4.73. The van der Waals surface area contributed by atoms with Crippen molar-refractivity contribution in [2.24, 2.45) is 5.10 Å². The molecular weight excluding hydrogens is 406 g/mol. The molecule has 7 nitrogen and oxygen atoms in total. The Labute approximate surface area is 168 Å². The highest BCUT2D eigenvalue weighted by Crippen LogP contribution is 2.22. The lowest BCUT2D eigenvalue weighted by molar-refractivity contribution is 0.838. The molecule has 0 amide bonds. The van der Waals surface area contributed by atoms with Gasteiger partial charge in [0.2, 0.25) is 17.8 Å². The van der Waals surface area contributed by atoms with Crippen molar-refractivity contribution in [3.8, 4) is 0 Å². The van der Waals surface area contributed by atoms with Gasteiger partial charge in [-0.05, 0) is 50.3 Å². The van der Waals surface area contributed by atoms with Gasteiger partial charge in [-0.3, -0.25) is 0 Å². The Balaban J connectivity index is 1.58. The summed E-state index contributed by atoms with van der Waals surface area (Å²) in [6.45, 7) is 5.99. The van der Waals surface area contributed by atoms with Crippen molar-refractivity contribution in [2.75, 3.05) is 41.4 Å². The zero-order valence-electron chi connectivity index (χ0n) is 15.5. The van der Waals surface area contributed by atoms with Gasteiger partial charge in [0.1, 0.15) is 0 Å². The molecule has 2 aromatic rings. The third-order valence-electron chi connectivity index (χ3n) is 4.98. The van der Waals surface area contributed by atoms with Crippen LogP contribution in [-0.2, 0) is 0 Å². The van der Waals surface area contributed by atoms with Gasteiger partial charge in [0.25, 0.3) is 0 Å². The summed E-state index contributed by atoms with van der Waals surface area (Å²) in [5.41, 5.74) is 4.98. The molecule has 1 aromatic carbocycles. The summed E-state index contributed by atoms with van der Waals surface area (Å²) in [7, 11) is 0. The van der Waals surface area contributed by atoms with Gasteiger partial charge in [-0.1, -0.05) is 28.1 Å². The van der Waals surface area contributed by atoms with E-state index in [0.29, 0.717) is 5.95 Å². The van der Waals surface area contributed by atoms with Crippen LogP contribution >= 0.6 is 15.9 Å². The minimum atomic E-state index is 0.505. The molecular formula is C19H24BrN7. The van der Waals surface area contributed by atoms with Crippen LogP contribution in [0.1, 0.15) is 38.2 Å². The first-order valence-electron chi connectivity index (χ1n) is 9.51. The summed E-state index contributed by atoms with van der Waals surface area (Å²) in [4.78, 5) is 18.4.